The fraction of sp³-hybridized carbons (Fsp3) is 1.00. The Kier molecular flexibility index (Phi) is 6.28. The summed E-state index contributed by atoms with van der Waals surface area (Å²) in [4.78, 5) is 2.49. The molecule has 0 aliphatic carbocycles. The molecule has 1 unspecified atom stereocenters. The minimum atomic E-state index is 0.187. The summed E-state index contributed by atoms with van der Waals surface area (Å²) in [6.07, 6.45) is 2.46. The Morgan fingerprint density at radius 1 is 1.32 bits per heavy atom. The van der Waals surface area contributed by atoms with Crippen molar-refractivity contribution in [1.82, 2.24) is 10.2 Å². The van der Waals surface area contributed by atoms with Gasteiger partial charge in [-0.3, -0.25) is 0 Å². The molecule has 0 aromatic heterocycles. The van der Waals surface area contributed by atoms with E-state index in [1.807, 2.05) is 0 Å². The zero-order valence-corrected chi connectivity index (χ0v) is 13.9. The van der Waals surface area contributed by atoms with Crippen LogP contribution in [0.5, 0.6) is 0 Å². The van der Waals surface area contributed by atoms with Crippen LogP contribution in [0.1, 0.15) is 47.5 Å². The van der Waals surface area contributed by atoms with Crippen molar-refractivity contribution in [3.8, 4) is 0 Å². The van der Waals surface area contributed by atoms with Gasteiger partial charge in [0.25, 0.3) is 0 Å². The maximum atomic E-state index is 5.69. The molecule has 0 bridgehead atoms. The van der Waals surface area contributed by atoms with Crippen LogP contribution in [0.2, 0.25) is 0 Å². The molecule has 1 aliphatic heterocycles. The van der Waals surface area contributed by atoms with E-state index in [1.54, 1.807) is 0 Å². The summed E-state index contributed by atoms with van der Waals surface area (Å²) in [6.45, 7) is 16.5. The largest absolute Gasteiger partial charge is 0.381 e. The summed E-state index contributed by atoms with van der Waals surface area (Å²) >= 11 is 0. The van der Waals surface area contributed by atoms with Gasteiger partial charge >= 0.3 is 0 Å². The molecule has 0 aromatic carbocycles. The Morgan fingerprint density at radius 3 is 2.47 bits per heavy atom. The fourth-order valence-electron chi connectivity index (χ4n) is 2.55. The van der Waals surface area contributed by atoms with Crippen LogP contribution < -0.4 is 5.32 Å². The van der Waals surface area contributed by atoms with Crippen molar-refractivity contribution < 1.29 is 4.74 Å². The molecule has 1 N–H and O–H groups in total. The van der Waals surface area contributed by atoms with E-state index in [9.17, 15) is 0 Å². The lowest BCUT2D eigenvalue weighted by Crippen LogP contribution is -2.48. The molecule has 114 valence electrons. The topological polar surface area (TPSA) is 24.5 Å². The fourth-order valence-corrected chi connectivity index (χ4v) is 2.55. The van der Waals surface area contributed by atoms with Crippen molar-refractivity contribution in [3.63, 3.8) is 0 Å². The summed E-state index contributed by atoms with van der Waals surface area (Å²) < 4.78 is 5.69. The van der Waals surface area contributed by atoms with Crippen molar-refractivity contribution in [2.24, 2.45) is 11.3 Å². The summed E-state index contributed by atoms with van der Waals surface area (Å²) in [5.74, 6) is 0.783. The third-order valence-electron chi connectivity index (χ3n) is 3.87. The first-order valence-corrected chi connectivity index (χ1v) is 7.74. The Bertz CT molecular complexity index is 252. The average Bonchev–Trinajstić information content (AvgIpc) is 2.72. The number of nitrogens with zero attached hydrogens (tertiary/aromatic N) is 1. The molecule has 1 atom stereocenters. The molecule has 0 amide bonds. The molecule has 0 radical (unpaired) electrons. The van der Waals surface area contributed by atoms with E-state index < -0.39 is 0 Å². The molecule has 0 aromatic rings. The third-order valence-corrected chi connectivity index (χ3v) is 3.87. The second-order valence-electron chi connectivity index (χ2n) is 7.83. The standard InChI is InChI=1S/C16H34N2O/c1-14(2)7-9-18(6)12-16(8-10-19-13-16)11-17-15(3,4)5/h14,17H,7-13H2,1-6H3. The van der Waals surface area contributed by atoms with Crippen LogP contribution in [0.15, 0.2) is 0 Å². The molecule has 0 spiro atoms. The predicted octanol–water partition coefficient (Wildman–Crippen LogP) is 2.76. The van der Waals surface area contributed by atoms with Gasteiger partial charge in [0.05, 0.1) is 6.61 Å². The van der Waals surface area contributed by atoms with Gasteiger partial charge in [-0.05, 0) is 53.1 Å². The van der Waals surface area contributed by atoms with Crippen LogP contribution in [0.4, 0.5) is 0 Å². The number of ether oxygens (including phenoxy) is 1. The summed E-state index contributed by atoms with van der Waals surface area (Å²) in [7, 11) is 2.25. The van der Waals surface area contributed by atoms with Gasteiger partial charge in [-0.25, -0.2) is 0 Å². The van der Waals surface area contributed by atoms with E-state index >= 15 is 0 Å². The second kappa shape index (κ2) is 7.05. The average molecular weight is 270 g/mol. The smallest absolute Gasteiger partial charge is 0.0547 e. The highest BCUT2D eigenvalue weighted by molar-refractivity contribution is 4.90. The molecule has 3 nitrogen and oxygen atoms in total. The Hall–Kier alpha value is -0.120. The molecular weight excluding hydrogens is 236 g/mol. The Morgan fingerprint density at radius 2 is 2.00 bits per heavy atom. The molecule has 1 heterocycles. The first-order chi connectivity index (χ1) is 8.72. The maximum Gasteiger partial charge on any atom is 0.0547 e. The SMILES string of the molecule is CC(C)CCN(C)CC1(CNC(C)(C)C)CCOC1. The van der Waals surface area contributed by atoms with Crippen LogP contribution in [0.3, 0.4) is 0 Å². The first-order valence-electron chi connectivity index (χ1n) is 7.74. The predicted molar refractivity (Wildman–Crippen MR) is 82.6 cm³/mol. The van der Waals surface area contributed by atoms with E-state index in [0.29, 0.717) is 5.41 Å². The van der Waals surface area contributed by atoms with E-state index in [2.05, 4.69) is 51.9 Å². The van der Waals surface area contributed by atoms with E-state index in [-0.39, 0.29) is 5.54 Å². The molecule has 1 saturated heterocycles. The van der Waals surface area contributed by atoms with Crippen LogP contribution in [-0.2, 0) is 4.74 Å². The number of hydrogen-bond donors (Lipinski definition) is 1. The molecule has 3 heteroatoms. The molecule has 0 saturated carbocycles. The van der Waals surface area contributed by atoms with Gasteiger partial charge in [0.1, 0.15) is 0 Å². The van der Waals surface area contributed by atoms with Crippen molar-refractivity contribution in [2.45, 2.75) is 53.0 Å². The quantitative estimate of drug-likeness (QED) is 0.770. The number of hydrogen-bond acceptors (Lipinski definition) is 3. The lowest BCUT2D eigenvalue weighted by Gasteiger charge is -2.35. The monoisotopic (exact) mass is 270 g/mol. The van der Waals surface area contributed by atoms with Crippen LogP contribution >= 0.6 is 0 Å². The van der Waals surface area contributed by atoms with Gasteiger partial charge in [0.2, 0.25) is 0 Å². The van der Waals surface area contributed by atoms with Gasteiger partial charge in [-0.2, -0.15) is 0 Å². The Balaban J connectivity index is 2.47. The first kappa shape index (κ1) is 16.9. The highest BCUT2D eigenvalue weighted by Crippen LogP contribution is 2.29. The van der Waals surface area contributed by atoms with Crippen molar-refractivity contribution in [1.29, 1.82) is 0 Å². The molecular formula is C16H34N2O. The van der Waals surface area contributed by atoms with Crippen LogP contribution in [-0.4, -0.2) is 50.3 Å². The molecule has 1 rings (SSSR count). The normalized spacial score (nSPS) is 24.6. The van der Waals surface area contributed by atoms with E-state index in [0.717, 1.165) is 32.2 Å². The maximum absolute atomic E-state index is 5.69. The van der Waals surface area contributed by atoms with Crippen LogP contribution in [0, 0.1) is 11.3 Å². The van der Waals surface area contributed by atoms with E-state index in [4.69, 9.17) is 4.74 Å². The minimum Gasteiger partial charge on any atom is -0.381 e. The van der Waals surface area contributed by atoms with E-state index in [1.165, 1.54) is 19.4 Å². The van der Waals surface area contributed by atoms with Crippen molar-refractivity contribution in [3.05, 3.63) is 0 Å². The van der Waals surface area contributed by atoms with Gasteiger partial charge in [-0.15, -0.1) is 0 Å². The molecule has 1 aliphatic rings. The summed E-state index contributed by atoms with van der Waals surface area (Å²) in [5, 5.41) is 3.67. The zero-order chi connectivity index (χ0) is 14.5. The summed E-state index contributed by atoms with van der Waals surface area (Å²) in [6, 6.07) is 0. The molecule has 1 fully saturated rings. The van der Waals surface area contributed by atoms with Gasteiger partial charge < -0.3 is 15.0 Å². The number of nitrogens with one attached hydrogen (secondary N) is 1. The lowest BCUT2D eigenvalue weighted by atomic mass is 9.85. The Labute approximate surface area is 120 Å². The summed E-state index contributed by atoms with van der Waals surface area (Å²) in [5.41, 5.74) is 0.491. The number of rotatable bonds is 7. The lowest BCUT2D eigenvalue weighted by molar-refractivity contribution is 0.111. The zero-order valence-electron chi connectivity index (χ0n) is 13.9. The van der Waals surface area contributed by atoms with Crippen molar-refractivity contribution in [2.75, 3.05) is 39.9 Å². The minimum absolute atomic E-state index is 0.187. The highest BCUT2D eigenvalue weighted by Gasteiger charge is 2.36. The third kappa shape index (κ3) is 6.73. The van der Waals surface area contributed by atoms with Gasteiger partial charge in [0.15, 0.2) is 0 Å². The van der Waals surface area contributed by atoms with Gasteiger partial charge in [-0.1, -0.05) is 13.8 Å². The highest BCUT2D eigenvalue weighted by atomic mass is 16.5. The molecule has 19 heavy (non-hydrogen) atoms. The second-order valence-corrected chi connectivity index (χ2v) is 7.83. The van der Waals surface area contributed by atoms with Crippen LogP contribution in [0.25, 0.3) is 0 Å². The van der Waals surface area contributed by atoms with Crippen molar-refractivity contribution >= 4 is 0 Å². The van der Waals surface area contributed by atoms with Gasteiger partial charge in [0, 0.05) is 30.7 Å².